The maximum absolute atomic E-state index is 13.1. The number of amidine groups is 1. The number of thiazole rings is 1. The second kappa shape index (κ2) is 7.82. The Morgan fingerprint density at radius 3 is 2.64 bits per heavy atom. The molecule has 142 valence electrons. The summed E-state index contributed by atoms with van der Waals surface area (Å²) in [4.78, 5) is 6.29. The maximum Gasteiger partial charge on any atom is 0.135 e. The first kappa shape index (κ1) is 18.2. The van der Waals surface area contributed by atoms with Crippen LogP contribution >= 0.6 is 11.3 Å². The van der Waals surface area contributed by atoms with E-state index in [4.69, 9.17) is 10.1 Å². The number of aliphatic hydroxyl groups is 1. The van der Waals surface area contributed by atoms with Crippen LogP contribution in [0.1, 0.15) is 5.01 Å². The fourth-order valence-corrected chi connectivity index (χ4v) is 3.88. The lowest BCUT2D eigenvalue weighted by molar-refractivity contribution is 0.265. The minimum absolute atomic E-state index is 0.129. The third-order valence-corrected chi connectivity index (χ3v) is 5.27. The van der Waals surface area contributed by atoms with Crippen molar-refractivity contribution in [3.63, 3.8) is 0 Å². The molecule has 2 heterocycles. The van der Waals surface area contributed by atoms with Crippen LogP contribution in [-0.2, 0) is 0 Å². The Morgan fingerprint density at radius 1 is 1.14 bits per heavy atom. The van der Waals surface area contributed by atoms with Crippen molar-refractivity contribution in [3.05, 3.63) is 76.6 Å². The van der Waals surface area contributed by atoms with Gasteiger partial charge in [-0.3, -0.25) is 5.41 Å². The molecule has 0 spiro atoms. The zero-order valence-electron chi connectivity index (χ0n) is 14.9. The van der Waals surface area contributed by atoms with Crippen molar-refractivity contribution in [1.29, 1.82) is 5.41 Å². The lowest BCUT2D eigenvalue weighted by Crippen LogP contribution is -2.31. The van der Waals surface area contributed by atoms with Crippen molar-refractivity contribution in [2.45, 2.75) is 0 Å². The topological polar surface area (TPSA) is 69.4 Å². The number of rotatable bonds is 6. The minimum Gasteiger partial charge on any atom is -0.510 e. The van der Waals surface area contributed by atoms with Crippen molar-refractivity contribution in [3.8, 4) is 17.0 Å². The van der Waals surface area contributed by atoms with E-state index < -0.39 is 0 Å². The highest BCUT2D eigenvalue weighted by atomic mass is 32.1. The van der Waals surface area contributed by atoms with Crippen LogP contribution in [0.5, 0.6) is 5.75 Å². The normalized spacial score (nSPS) is 14.0. The second-order valence-corrected chi connectivity index (χ2v) is 7.16. The van der Waals surface area contributed by atoms with Crippen LogP contribution in [0.3, 0.4) is 0 Å². The summed E-state index contributed by atoms with van der Waals surface area (Å²) in [5, 5.41) is 21.2. The van der Waals surface area contributed by atoms with Crippen molar-refractivity contribution in [2.24, 2.45) is 0 Å². The Hall–Kier alpha value is -3.19. The molecule has 0 amide bonds. The van der Waals surface area contributed by atoms with Crippen molar-refractivity contribution >= 4 is 22.7 Å². The fourth-order valence-electron chi connectivity index (χ4n) is 2.98. The van der Waals surface area contributed by atoms with E-state index in [-0.39, 0.29) is 24.0 Å². The van der Waals surface area contributed by atoms with Gasteiger partial charge in [0, 0.05) is 10.9 Å². The summed E-state index contributed by atoms with van der Waals surface area (Å²) >= 11 is 1.35. The molecule has 7 heteroatoms. The molecule has 0 aliphatic carbocycles. The molecule has 2 N–H and O–H groups in total. The smallest absolute Gasteiger partial charge is 0.135 e. The second-order valence-electron chi connectivity index (χ2n) is 6.30. The van der Waals surface area contributed by atoms with Crippen LogP contribution in [0.2, 0.25) is 0 Å². The van der Waals surface area contributed by atoms with Gasteiger partial charge in [-0.1, -0.05) is 18.2 Å². The van der Waals surface area contributed by atoms with Crippen molar-refractivity contribution < 1.29 is 14.2 Å². The van der Waals surface area contributed by atoms with E-state index in [0.29, 0.717) is 29.4 Å². The Bertz CT molecular complexity index is 1020. The largest absolute Gasteiger partial charge is 0.510 e. The summed E-state index contributed by atoms with van der Waals surface area (Å²) in [5.41, 5.74) is 1.93. The number of ether oxygens (including phenoxy) is 1. The number of aromatic nitrogens is 1. The zero-order valence-corrected chi connectivity index (χ0v) is 15.7. The number of para-hydroxylation sites is 1. The van der Waals surface area contributed by atoms with Crippen LogP contribution in [0, 0.1) is 11.2 Å². The molecule has 1 aromatic heterocycles. The Balaban J connectivity index is 1.43. The van der Waals surface area contributed by atoms with Gasteiger partial charge in [0.1, 0.15) is 34.8 Å². The highest BCUT2D eigenvalue weighted by Gasteiger charge is 2.30. The molecule has 28 heavy (non-hydrogen) atoms. The molecule has 1 aliphatic rings. The first-order chi connectivity index (χ1) is 13.6. The Morgan fingerprint density at radius 2 is 1.89 bits per heavy atom. The van der Waals surface area contributed by atoms with Crippen LogP contribution < -0.4 is 4.74 Å². The average Bonchev–Trinajstić information content (AvgIpc) is 3.28. The Kier molecular flexibility index (Phi) is 5.08. The fraction of sp³-hybridized carbons (Fsp3) is 0.143. The molecule has 2 aromatic carbocycles. The first-order valence-corrected chi connectivity index (χ1v) is 9.65. The van der Waals surface area contributed by atoms with Gasteiger partial charge in [0.05, 0.1) is 24.4 Å². The van der Waals surface area contributed by atoms with Gasteiger partial charge in [-0.05, 0) is 36.4 Å². The Labute approximate surface area is 165 Å². The lowest BCUT2D eigenvalue weighted by atomic mass is 10.2. The predicted molar refractivity (Wildman–Crippen MR) is 108 cm³/mol. The molecule has 3 aromatic rings. The molecule has 4 rings (SSSR count). The summed E-state index contributed by atoms with van der Waals surface area (Å²) in [5.74, 6) is 0.832. The summed E-state index contributed by atoms with van der Waals surface area (Å²) in [7, 11) is 0. The summed E-state index contributed by atoms with van der Waals surface area (Å²) < 4.78 is 18.8. The molecule has 0 radical (unpaired) electrons. The predicted octanol–water partition coefficient (Wildman–Crippen LogP) is 4.59. The third-order valence-electron chi connectivity index (χ3n) is 4.41. The van der Waals surface area contributed by atoms with E-state index in [1.165, 1.54) is 23.5 Å². The monoisotopic (exact) mass is 395 g/mol. The molecule has 1 aliphatic heterocycles. The van der Waals surface area contributed by atoms with Crippen LogP contribution in [0.25, 0.3) is 16.8 Å². The molecule has 0 unspecified atom stereocenters. The number of hydrogen-bond donors (Lipinski definition) is 2. The van der Waals surface area contributed by atoms with E-state index in [2.05, 4.69) is 4.98 Å². The highest BCUT2D eigenvalue weighted by Crippen LogP contribution is 2.32. The van der Waals surface area contributed by atoms with E-state index in [0.717, 1.165) is 11.3 Å². The van der Waals surface area contributed by atoms with E-state index in [1.54, 1.807) is 17.0 Å². The maximum atomic E-state index is 13.1. The molecule has 5 nitrogen and oxygen atoms in total. The quantitative estimate of drug-likeness (QED) is 0.640. The van der Waals surface area contributed by atoms with E-state index >= 15 is 0 Å². The molecular formula is C21H18FN3O2S. The number of aliphatic hydroxyl groups excluding tert-OH is 1. The van der Waals surface area contributed by atoms with Gasteiger partial charge in [-0.25, -0.2) is 9.37 Å². The standard InChI is InChI=1S/C21H18FN3O2S/c22-15-8-6-14(7-9-15)17-13-28-21(24-17)19-18(26)12-25(20(19)23)10-11-27-16-4-2-1-3-5-16/h1-9,13,23,26H,10-12H2. The van der Waals surface area contributed by atoms with Crippen molar-refractivity contribution in [1.82, 2.24) is 9.88 Å². The van der Waals surface area contributed by atoms with Gasteiger partial charge >= 0.3 is 0 Å². The molecule has 0 atom stereocenters. The molecule has 0 bridgehead atoms. The van der Waals surface area contributed by atoms with Gasteiger partial charge in [0.2, 0.25) is 0 Å². The molecule has 0 saturated heterocycles. The van der Waals surface area contributed by atoms with Crippen LogP contribution in [-0.4, -0.2) is 40.5 Å². The van der Waals surface area contributed by atoms with Gasteiger partial charge in [0.15, 0.2) is 0 Å². The van der Waals surface area contributed by atoms with E-state index in [1.807, 2.05) is 35.7 Å². The molecular weight excluding hydrogens is 377 g/mol. The number of halogens is 1. The minimum atomic E-state index is -0.300. The van der Waals surface area contributed by atoms with Crippen LogP contribution in [0.4, 0.5) is 4.39 Å². The summed E-state index contributed by atoms with van der Waals surface area (Å²) in [6.45, 7) is 1.15. The van der Waals surface area contributed by atoms with Gasteiger partial charge in [0.25, 0.3) is 0 Å². The number of nitrogens with zero attached hydrogens (tertiary/aromatic N) is 2. The van der Waals surface area contributed by atoms with Gasteiger partial charge in [-0.2, -0.15) is 0 Å². The summed E-state index contributed by atoms with van der Waals surface area (Å²) in [6.07, 6.45) is 0. The number of benzene rings is 2. The number of nitrogens with one attached hydrogen (secondary N) is 1. The van der Waals surface area contributed by atoms with Gasteiger partial charge in [-0.15, -0.1) is 11.3 Å². The van der Waals surface area contributed by atoms with Crippen LogP contribution in [0.15, 0.2) is 65.7 Å². The first-order valence-electron chi connectivity index (χ1n) is 8.77. The summed E-state index contributed by atoms with van der Waals surface area (Å²) in [6, 6.07) is 15.6. The van der Waals surface area contributed by atoms with Crippen molar-refractivity contribution in [2.75, 3.05) is 19.7 Å². The molecule has 0 saturated carbocycles. The highest BCUT2D eigenvalue weighted by molar-refractivity contribution is 7.11. The van der Waals surface area contributed by atoms with E-state index in [9.17, 15) is 9.50 Å². The number of hydrogen-bond acceptors (Lipinski definition) is 5. The average molecular weight is 395 g/mol. The lowest BCUT2D eigenvalue weighted by Gasteiger charge is -2.18. The SMILES string of the molecule is N=C1C(c2nc(-c3ccc(F)cc3)cs2)=C(O)CN1CCOc1ccccc1. The molecule has 0 fully saturated rings. The zero-order chi connectivity index (χ0) is 19.5. The third kappa shape index (κ3) is 3.75. The van der Waals surface area contributed by atoms with Gasteiger partial charge < -0.3 is 14.7 Å².